The molecular formula is C24H21ClN4O2S2. The Balaban J connectivity index is 1.69. The molecule has 0 aliphatic carbocycles. The first-order valence-electron chi connectivity index (χ1n) is 10.2. The molecular weight excluding hydrogens is 476 g/mol. The molecule has 3 aromatic heterocycles. The van der Waals surface area contributed by atoms with Crippen LogP contribution in [0.15, 0.2) is 70.6 Å². The molecule has 0 bridgehead atoms. The van der Waals surface area contributed by atoms with Crippen molar-refractivity contribution in [2.45, 2.75) is 30.8 Å². The summed E-state index contributed by atoms with van der Waals surface area (Å²) in [6.07, 6.45) is 3.20. The van der Waals surface area contributed by atoms with E-state index in [9.17, 15) is 9.59 Å². The molecule has 6 nitrogen and oxygen atoms in total. The predicted molar refractivity (Wildman–Crippen MR) is 137 cm³/mol. The lowest BCUT2D eigenvalue weighted by Gasteiger charge is -2.15. The van der Waals surface area contributed by atoms with E-state index in [0.717, 1.165) is 16.7 Å². The van der Waals surface area contributed by atoms with Crippen molar-refractivity contribution in [3.8, 4) is 11.1 Å². The maximum absolute atomic E-state index is 13.5. The average Bonchev–Trinajstić information content (AvgIpc) is 3.22. The molecule has 168 valence electrons. The first-order valence-corrected chi connectivity index (χ1v) is 12.3. The third-order valence-corrected chi connectivity index (χ3v) is 7.26. The largest absolute Gasteiger partial charge is 0.322 e. The minimum atomic E-state index is -0.529. The molecule has 4 rings (SSSR count). The number of nitrogens with zero attached hydrogens (tertiary/aromatic N) is 3. The molecule has 0 saturated carbocycles. The summed E-state index contributed by atoms with van der Waals surface area (Å²) in [5.74, 6) is -0.263. The molecule has 33 heavy (non-hydrogen) atoms. The van der Waals surface area contributed by atoms with Gasteiger partial charge in [-0.15, -0.1) is 17.9 Å². The van der Waals surface area contributed by atoms with E-state index in [4.69, 9.17) is 16.6 Å². The smallest absolute Gasteiger partial charge is 0.263 e. The minimum Gasteiger partial charge on any atom is -0.322 e. The monoisotopic (exact) mass is 496 g/mol. The van der Waals surface area contributed by atoms with E-state index in [1.165, 1.54) is 23.1 Å². The van der Waals surface area contributed by atoms with Gasteiger partial charge < -0.3 is 5.32 Å². The number of aromatic nitrogens is 3. The Morgan fingerprint density at radius 3 is 2.79 bits per heavy atom. The van der Waals surface area contributed by atoms with Crippen LogP contribution in [0.2, 0.25) is 5.15 Å². The molecule has 1 aromatic carbocycles. The first kappa shape index (κ1) is 23.2. The van der Waals surface area contributed by atoms with Gasteiger partial charge in [0.1, 0.15) is 4.83 Å². The average molecular weight is 497 g/mol. The van der Waals surface area contributed by atoms with E-state index in [0.29, 0.717) is 21.1 Å². The van der Waals surface area contributed by atoms with Gasteiger partial charge in [-0.25, -0.2) is 9.97 Å². The van der Waals surface area contributed by atoms with Crippen LogP contribution in [0.5, 0.6) is 0 Å². The highest BCUT2D eigenvalue weighted by atomic mass is 35.5. The summed E-state index contributed by atoms with van der Waals surface area (Å²) in [4.78, 5) is 35.6. The quantitative estimate of drug-likeness (QED) is 0.152. The van der Waals surface area contributed by atoms with Crippen LogP contribution < -0.4 is 10.9 Å². The predicted octanol–water partition coefficient (Wildman–Crippen LogP) is 5.79. The highest BCUT2D eigenvalue weighted by Crippen LogP contribution is 2.33. The van der Waals surface area contributed by atoms with E-state index in [1.54, 1.807) is 35.9 Å². The van der Waals surface area contributed by atoms with Gasteiger partial charge in [-0.3, -0.25) is 14.2 Å². The van der Waals surface area contributed by atoms with E-state index >= 15 is 0 Å². The van der Waals surface area contributed by atoms with Gasteiger partial charge in [0.05, 0.1) is 16.3 Å². The standard InChI is InChI=1S/C24H21ClN4O2S2/c1-4-12-29-23(31)19-17(16-9-7-14(2)8-10-16)13-32-22(19)28-24(29)33-15(3)21(30)27-18-6-5-11-26-20(18)25/h4-11,13,15H,1,12H2,2-3H3,(H,27,30). The number of anilines is 1. The minimum absolute atomic E-state index is 0.151. The Hall–Kier alpha value is -2.94. The molecule has 0 aliphatic rings. The molecule has 0 fully saturated rings. The normalized spacial score (nSPS) is 12.0. The number of carbonyl (C=O) groups is 1. The van der Waals surface area contributed by atoms with Crippen molar-refractivity contribution in [2.24, 2.45) is 0 Å². The summed E-state index contributed by atoms with van der Waals surface area (Å²) in [7, 11) is 0. The van der Waals surface area contributed by atoms with Crippen molar-refractivity contribution in [1.82, 2.24) is 14.5 Å². The van der Waals surface area contributed by atoms with Crippen LogP contribution in [-0.2, 0) is 11.3 Å². The summed E-state index contributed by atoms with van der Waals surface area (Å²) in [6.45, 7) is 7.85. The number of halogens is 1. The maximum atomic E-state index is 13.5. The van der Waals surface area contributed by atoms with Crippen LogP contribution in [0, 0.1) is 6.92 Å². The van der Waals surface area contributed by atoms with Crippen LogP contribution in [0.3, 0.4) is 0 Å². The van der Waals surface area contributed by atoms with Crippen molar-refractivity contribution < 1.29 is 4.79 Å². The Labute approximate surface area is 204 Å². The molecule has 0 saturated heterocycles. The zero-order valence-electron chi connectivity index (χ0n) is 18.0. The molecule has 1 atom stereocenters. The summed E-state index contributed by atoms with van der Waals surface area (Å²) in [6, 6.07) is 11.4. The number of allylic oxidation sites excluding steroid dienone is 1. The van der Waals surface area contributed by atoms with Gasteiger partial charge in [0.2, 0.25) is 5.91 Å². The van der Waals surface area contributed by atoms with Gasteiger partial charge in [-0.1, -0.05) is 59.3 Å². The van der Waals surface area contributed by atoms with Gasteiger partial charge >= 0.3 is 0 Å². The van der Waals surface area contributed by atoms with Crippen LogP contribution >= 0.6 is 34.7 Å². The van der Waals surface area contributed by atoms with Crippen LogP contribution in [-0.4, -0.2) is 25.7 Å². The Morgan fingerprint density at radius 1 is 1.33 bits per heavy atom. The van der Waals surface area contributed by atoms with Gasteiger partial charge in [-0.05, 0) is 31.5 Å². The third-order valence-electron chi connectivity index (χ3n) is 5.00. The summed E-state index contributed by atoms with van der Waals surface area (Å²) in [5.41, 5.74) is 3.27. The number of hydrogen-bond acceptors (Lipinski definition) is 6. The molecule has 9 heteroatoms. The van der Waals surface area contributed by atoms with E-state index in [2.05, 4.69) is 16.9 Å². The zero-order valence-corrected chi connectivity index (χ0v) is 20.4. The summed E-state index contributed by atoms with van der Waals surface area (Å²) in [5, 5.41) is 5.46. The van der Waals surface area contributed by atoms with Gasteiger partial charge in [0, 0.05) is 23.7 Å². The fourth-order valence-corrected chi connectivity index (χ4v) is 5.33. The number of aryl methyl sites for hydroxylation is 1. The number of pyridine rings is 1. The lowest BCUT2D eigenvalue weighted by atomic mass is 10.1. The number of rotatable bonds is 7. The molecule has 1 unspecified atom stereocenters. The van der Waals surface area contributed by atoms with Crippen molar-refractivity contribution in [2.75, 3.05) is 5.32 Å². The summed E-state index contributed by atoms with van der Waals surface area (Å²) >= 11 is 8.68. The number of thioether (sulfide) groups is 1. The number of amides is 1. The van der Waals surface area contributed by atoms with Gasteiger partial charge in [0.25, 0.3) is 5.56 Å². The fraction of sp³-hybridized carbons (Fsp3) is 0.167. The van der Waals surface area contributed by atoms with Gasteiger partial charge in [0.15, 0.2) is 10.3 Å². The lowest BCUT2D eigenvalue weighted by molar-refractivity contribution is -0.115. The molecule has 0 aliphatic heterocycles. The van der Waals surface area contributed by atoms with Crippen molar-refractivity contribution in [3.63, 3.8) is 0 Å². The number of fused-ring (bicyclic) bond motifs is 1. The van der Waals surface area contributed by atoms with E-state index in [1.807, 2.05) is 36.6 Å². The molecule has 0 spiro atoms. The highest BCUT2D eigenvalue weighted by Gasteiger charge is 2.22. The van der Waals surface area contributed by atoms with E-state index < -0.39 is 5.25 Å². The van der Waals surface area contributed by atoms with Crippen LogP contribution in [0.4, 0.5) is 5.69 Å². The number of hydrogen-bond donors (Lipinski definition) is 1. The molecule has 1 N–H and O–H groups in total. The van der Waals surface area contributed by atoms with Crippen molar-refractivity contribution in [3.05, 3.63) is 81.7 Å². The second kappa shape index (κ2) is 9.91. The fourth-order valence-electron chi connectivity index (χ4n) is 3.26. The molecule has 1 amide bonds. The second-order valence-electron chi connectivity index (χ2n) is 7.39. The number of benzene rings is 1. The maximum Gasteiger partial charge on any atom is 0.263 e. The van der Waals surface area contributed by atoms with Crippen LogP contribution in [0.25, 0.3) is 21.3 Å². The van der Waals surface area contributed by atoms with Crippen molar-refractivity contribution >= 4 is 56.5 Å². The number of thiophene rings is 1. The van der Waals surface area contributed by atoms with Crippen molar-refractivity contribution in [1.29, 1.82) is 0 Å². The molecule has 3 heterocycles. The lowest BCUT2D eigenvalue weighted by Crippen LogP contribution is -2.26. The zero-order chi connectivity index (χ0) is 23.5. The second-order valence-corrected chi connectivity index (χ2v) is 9.91. The third kappa shape index (κ3) is 4.88. The van der Waals surface area contributed by atoms with E-state index in [-0.39, 0.29) is 23.2 Å². The Bertz CT molecular complexity index is 1400. The number of carbonyl (C=O) groups excluding carboxylic acids is 1. The number of nitrogens with one attached hydrogen (secondary N) is 1. The Morgan fingerprint density at radius 2 is 2.09 bits per heavy atom. The SMILES string of the molecule is C=CCn1c(SC(C)C(=O)Nc2cccnc2Cl)nc2scc(-c3ccc(C)cc3)c2c1=O. The summed E-state index contributed by atoms with van der Waals surface area (Å²) < 4.78 is 1.56. The van der Waals surface area contributed by atoms with Crippen LogP contribution in [0.1, 0.15) is 12.5 Å². The first-order chi connectivity index (χ1) is 15.9. The highest BCUT2D eigenvalue weighted by molar-refractivity contribution is 8.00. The topological polar surface area (TPSA) is 76.9 Å². The Kier molecular flexibility index (Phi) is 6.97. The molecule has 0 radical (unpaired) electrons. The van der Waals surface area contributed by atoms with Gasteiger partial charge in [-0.2, -0.15) is 0 Å². The molecule has 4 aromatic rings.